The topological polar surface area (TPSA) is 100 Å². The van der Waals surface area contributed by atoms with Crippen molar-refractivity contribution in [3.8, 4) is 0 Å². The second-order valence-corrected chi connectivity index (χ2v) is 8.83. The van der Waals surface area contributed by atoms with Gasteiger partial charge in [0.25, 0.3) is 6.01 Å². The zero-order valence-corrected chi connectivity index (χ0v) is 18.9. The second-order valence-electron chi connectivity index (χ2n) is 8.83. The molecule has 3 heterocycles. The first-order valence-electron chi connectivity index (χ1n) is 11.6. The van der Waals surface area contributed by atoms with Crippen LogP contribution in [0.15, 0.2) is 59.3 Å². The monoisotopic (exact) mass is 481 g/mol. The van der Waals surface area contributed by atoms with Crippen LogP contribution in [0.3, 0.4) is 0 Å². The average molecular weight is 482 g/mol. The van der Waals surface area contributed by atoms with Gasteiger partial charge in [0.2, 0.25) is 17.8 Å². The fourth-order valence-electron chi connectivity index (χ4n) is 4.40. The van der Waals surface area contributed by atoms with Gasteiger partial charge in [0.15, 0.2) is 0 Å². The zero-order chi connectivity index (χ0) is 24.4. The summed E-state index contributed by atoms with van der Waals surface area (Å²) in [5, 5.41) is 5.60. The van der Waals surface area contributed by atoms with E-state index < -0.39 is 36.0 Å². The Morgan fingerprint density at radius 2 is 1.97 bits per heavy atom. The first-order chi connectivity index (χ1) is 17.0. The van der Waals surface area contributed by atoms with Crippen molar-refractivity contribution in [2.24, 2.45) is 0 Å². The summed E-state index contributed by atoms with van der Waals surface area (Å²) < 4.78 is 34.1. The molecule has 2 amide bonds. The number of anilines is 1. The van der Waals surface area contributed by atoms with E-state index in [1.165, 1.54) is 17.4 Å². The number of hydrogen-bond donors (Lipinski definition) is 2. The minimum absolute atomic E-state index is 0.125. The van der Waals surface area contributed by atoms with Crippen molar-refractivity contribution < 1.29 is 22.8 Å². The number of alkyl halides is 1. The molecule has 1 aromatic carbocycles. The van der Waals surface area contributed by atoms with E-state index in [1.54, 1.807) is 36.4 Å². The summed E-state index contributed by atoms with van der Waals surface area (Å²) in [5.41, 5.74) is 1.62. The summed E-state index contributed by atoms with van der Waals surface area (Å²) in [5.74, 6) is -1.33. The van der Waals surface area contributed by atoms with Gasteiger partial charge in [-0.05, 0) is 30.4 Å². The predicted molar refractivity (Wildman–Crippen MR) is 123 cm³/mol. The number of aromatic nitrogens is 2. The highest BCUT2D eigenvalue weighted by molar-refractivity contribution is 5.90. The Kier molecular flexibility index (Phi) is 6.43. The van der Waals surface area contributed by atoms with Crippen LogP contribution in [-0.2, 0) is 9.59 Å². The summed E-state index contributed by atoms with van der Waals surface area (Å²) in [7, 11) is 0. The number of rotatable bonds is 8. The molecule has 0 spiro atoms. The normalized spacial score (nSPS) is 20.5. The highest BCUT2D eigenvalue weighted by atomic mass is 19.1. The van der Waals surface area contributed by atoms with E-state index in [1.807, 2.05) is 6.07 Å². The SMILES string of the molecule is O=C(NC(c1ccccc1)c1ccc(C2CC2)c(F)n1)C1CC(F)CN1C(=O)CNc1ncco1. The summed E-state index contributed by atoms with van der Waals surface area (Å²) in [6.07, 6.45) is 3.21. The van der Waals surface area contributed by atoms with Gasteiger partial charge in [0.1, 0.15) is 18.5 Å². The first kappa shape index (κ1) is 22.9. The molecule has 2 aliphatic rings. The summed E-state index contributed by atoms with van der Waals surface area (Å²) in [6, 6.07) is 10.9. The van der Waals surface area contributed by atoms with Gasteiger partial charge in [0.05, 0.1) is 31.0 Å². The van der Waals surface area contributed by atoms with Gasteiger partial charge in [-0.25, -0.2) is 14.4 Å². The predicted octanol–water partition coefficient (Wildman–Crippen LogP) is 3.34. The first-order valence-corrected chi connectivity index (χ1v) is 11.6. The zero-order valence-electron chi connectivity index (χ0n) is 18.9. The van der Waals surface area contributed by atoms with Crippen molar-refractivity contribution in [1.29, 1.82) is 0 Å². The maximum Gasteiger partial charge on any atom is 0.294 e. The molecule has 182 valence electrons. The number of nitrogens with zero attached hydrogens (tertiary/aromatic N) is 3. The number of nitrogens with one attached hydrogen (secondary N) is 2. The van der Waals surface area contributed by atoms with Crippen LogP contribution in [0.1, 0.15) is 48.0 Å². The maximum absolute atomic E-state index is 14.7. The Hall–Kier alpha value is -3.82. The lowest BCUT2D eigenvalue weighted by atomic mass is 10.0. The minimum atomic E-state index is -1.33. The summed E-state index contributed by atoms with van der Waals surface area (Å²) >= 11 is 0. The van der Waals surface area contributed by atoms with Gasteiger partial charge < -0.3 is 20.0 Å². The van der Waals surface area contributed by atoms with Crippen molar-refractivity contribution in [1.82, 2.24) is 20.2 Å². The number of oxazole rings is 1. The fourth-order valence-corrected chi connectivity index (χ4v) is 4.40. The van der Waals surface area contributed by atoms with Gasteiger partial charge in [-0.2, -0.15) is 4.39 Å². The Balaban J connectivity index is 1.35. The molecule has 0 radical (unpaired) electrons. The van der Waals surface area contributed by atoms with Crippen molar-refractivity contribution in [3.05, 3.63) is 77.7 Å². The van der Waals surface area contributed by atoms with Crippen LogP contribution < -0.4 is 10.6 Å². The molecule has 3 atom stereocenters. The molecule has 3 unspecified atom stereocenters. The molecule has 1 aliphatic heterocycles. The second kappa shape index (κ2) is 9.81. The number of amides is 2. The lowest BCUT2D eigenvalue weighted by Gasteiger charge is -2.26. The van der Waals surface area contributed by atoms with E-state index in [0.29, 0.717) is 16.8 Å². The van der Waals surface area contributed by atoms with E-state index in [2.05, 4.69) is 20.6 Å². The highest BCUT2D eigenvalue weighted by Gasteiger charge is 2.40. The largest absolute Gasteiger partial charge is 0.432 e. The van der Waals surface area contributed by atoms with Crippen molar-refractivity contribution in [2.45, 2.75) is 43.4 Å². The van der Waals surface area contributed by atoms with E-state index in [4.69, 9.17) is 4.42 Å². The van der Waals surface area contributed by atoms with E-state index in [9.17, 15) is 18.4 Å². The molecule has 10 heteroatoms. The Morgan fingerprint density at radius 1 is 1.17 bits per heavy atom. The summed E-state index contributed by atoms with van der Waals surface area (Å²) in [4.78, 5) is 35.3. The molecule has 8 nitrogen and oxygen atoms in total. The third-order valence-corrected chi connectivity index (χ3v) is 6.33. The van der Waals surface area contributed by atoms with Gasteiger partial charge in [-0.15, -0.1) is 0 Å². The van der Waals surface area contributed by atoms with Gasteiger partial charge >= 0.3 is 0 Å². The Morgan fingerprint density at radius 3 is 2.66 bits per heavy atom. The van der Waals surface area contributed by atoms with Gasteiger partial charge in [-0.1, -0.05) is 36.4 Å². The van der Waals surface area contributed by atoms with Crippen LogP contribution in [0.2, 0.25) is 0 Å². The van der Waals surface area contributed by atoms with Crippen molar-refractivity contribution in [3.63, 3.8) is 0 Å². The lowest BCUT2D eigenvalue weighted by Crippen LogP contribution is -2.48. The van der Waals surface area contributed by atoms with Crippen LogP contribution >= 0.6 is 0 Å². The molecule has 1 saturated heterocycles. The number of hydrogen-bond acceptors (Lipinski definition) is 6. The molecule has 1 aliphatic carbocycles. The molecule has 5 rings (SSSR count). The number of benzene rings is 1. The quantitative estimate of drug-likeness (QED) is 0.479. The van der Waals surface area contributed by atoms with E-state index in [0.717, 1.165) is 12.8 Å². The van der Waals surface area contributed by atoms with Gasteiger partial charge in [-0.3, -0.25) is 9.59 Å². The third kappa shape index (κ3) is 5.16. The fraction of sp³-hybridized carbons (Fsp3) is 0.360. The van der Waals surface area contributed by atoms with Gasteiger partial charge in [0, 0.05) is 12.0 Å². The molecule has 0 bridgehead atoms. The molecule has 35 heavy (non-hydrogen) atoms. The Labute approximate surface area is 200 Å². The number of pyridine rings is 1. The molecule has 3 aromatic rings. The number of carbonyl (C=O) groups excluding carboxylic acids is 2. The van der Waals surface area contributed by atoms with Crippen molar-refractivity contribution >= 4 is 17.8 Å². The highest BCUT2D eigenvalue weighted by Crippen LogP contribution is 2.41. The molecular weight excluding hydrogens is 456 g/mol. The molecule has 2 N–H and O–H groups in total. The minimum Gasteiger partial charge on any atom is -0.432 e. The maximum atomic E-state index is 14.7. The lowest BCUT2D eigenvalue weighted by molar-refractivity contribution is -0.137. The molecule has 2 aromatic heterocycles. The molecular formula is C25H25F2N5O3. The molecule has 1 saturated carbocycles. The van der Waals surface area contributed by atoms with Crippen LogP contribution in [0.25, 0.3) is 0 Å². The van der Waals surface area contributed by atoms with E-state index in [-0.39, 0.29) is 31.4 Å². The number of carbonyl (C=O) groups is 2. The molecule has 2 fully saturated rings. The number of halogens is 2. The van der Waals surface area contributed by atoms with E-state index >= 15 is 0 Å². The third-order valence-electron chi connectivity index (χ3n) is 6.33. The smallest absolute Gasteiger partial charge is 0.294 e. The van der Waals surface area contributed by atoms with Crippen LogP contribution in [0, 0.1) is 5.95 Å². The Bertz CT molecular complexity index is 1190. The van der Waals surface area contributed by atoms with Crippen LogP contribution in [-0.4, -0.2) is 52.0 Å². The van der Waals surface area contributed by atoms with Crippen LogP contribution in [0.4, 0.5) is 14.8 Å². The van der Waals surface area contributed by atoms with Crippen LogP contribution in [0.5, 0.6) is 0 Å². The standard InChI is InChI=1S/C25H25F2N5O3/c26-17-12-20(32(14-17)21(33)13-29-25-28-10-11-35-25)24(34)31-22(16-4-2-1-3-5-16)19-9-8-18(15-6-7-15)23(27)30-19/h1-5,8-11,15,17,20,22H,6-7,12-14H2,(H,28,29)(H,31,34). The summed E-state index contributed by atoms with van der Waals surface area (Å²) in [6.45, 7) is -0.391. The van der Waals surface area contributed by atoms with Crippen molar-refractivity contribution in [2.75, 3.05) is 18.4 Å². The number of likely N-dealkylation sites (tertiary alicyclic amines) is 1. The average Bonchev–Trinajstić information content (AvgIpc) is 3.41.